The predicted octanol–water partition coefficient (Wildman–Crippen LogP) is 5.83. The Bertz CT molecular complexity index is 1200. The number of carbonyl (C=O) groups is 2. The minimum absolute atomic E-state index is 0.0426. The summed E-state index contributed by atoms with van der Waals surface area (Å²) in [5, 5.41) is 11.3. The number of benzene rings is 3. The van der Waals surface area contributed by atoms with E-state index in [1.54, 1.807) is 36.4 Å². The van der Waals surface area contributed by atoms with Crippen LogP contribution in [0.2, 0.25) is 5.02 Å². The zero-order valence-corrected chi connectivity index (χ0v) is 17.6. The Labute approximate surface area is 185 Å². The molecule has 1 amide bonds. The maximum atomic E-state index is 13.2. The summed E-state index contributed by atoms with van der Waals surface area (Å²) in [5.74, 6) is -1.57. The fourth-order valence-electron chi connectivity index (χ4n) is 3.69. The van der Waals surface area contributed by atoms with Gasteiger partial charge in [-0.1, -0.05) is 72.3 Å². The second kappa shape index (κ2) is 8.62. The van der Waals surface area contributed by atoms with Crippen molar-refractivity contribution in [3.63, 3.8) is 0 Å². The van der Waals surface area contributed by atoms with Gasteiger partial charge in [-0.15, -0.1) is 0 Å². The Morgan fingerprint density at radius 1 is 1.00 bits per heavy atom. The summed E-state index contributed by atoms with van der Waals surface area (Å²) in [7, 11) is 0. The molecule has 1 aliphatic rings. The van der Waals surface area contributed by atoms with Crippen LogP contribution in [0.5, 0.6) is 0 Å². The van der Waals surface area contributed by atoms with Crippen molar-refractivity contribution >= 4 is 35.1 Å². The van der Waals surface area contributed by atoms with Gasteiger partial charge in [-0.3, -0.25) is 14.5 Å². The zero-order chi connectivity index (χ0) is 22.0. The molecule has 1 unspecified atom stereocenters. The first-order valence-corrected chi connectivity index (χ1v) is 10.2. The first-order valence-electron chi connectivity index (χ1n) is 9.82. The number of nitrogens with zero attached hydrogens (tertiary/aromatic N) is 1. The number of allylic oxidation sites excluding steroid dienone is 1. The molecule has 31 heavy (non-hydrogen) atoms. The molecule has 0 saturated carbocycles. The molecule has 4 nitrogen and oxygen atoms in total. The van der Waals surface area contributed by atoms with Gasteiger partial charge in [0.2, 0.25) is 0 Å². The maximum absolute atomic E-state index is 13.2. The molecule has 1 heterocycles. The van der Waals surface area contributed by atoms with Gasteiger partial charge in [0.15, 0.2) is 11.5 Å². The molecule has 0 saturated heterocycles. The quantitative estimate of drug-likeness (QED) is 0.519. The molecule has 3 aromatic rings. The summed E-state index contributed by atoms with van der Waals surface area (Å²) >= 11 is 6.05. The lowest BCUT2D eigenvalue weighted by Crippen LogP contribution is -2.30. The minimum Gasteiger partial charge on any atom is -0.503 e. The number of halogens is 1. The molecule has 0 radical (unpaired) electrons. The first-order chi connectivity index (χ1) is 15.0. The standard InChI is InChI=1S/C26H20ClNO3/c1-17-6-5-9-21(16-17)28-24(19-11-13-20(27)14-12-19)23(25(30)26(28)31)22(29)15-10-18-7-3-2-4-8-18/h2-16,24,30H,1H3/b15-10+. The molecule has 0 bridgehead atoms. The minimum atomic E-state index is -0.764. The Hall–Kier alpha value is -3.63. The number of aliphatic hydroxyl groups excluding tert-OH is 1. The normalized spacial score (nSPS) is 16.4. The van der Waals surface area contributed by atoms with Gasteiger partial charge in [-0.25, -0.2) is 0 Å². The SMILES string of the molecule is Cc1cccc(N2C(=O)C(O)=C(C(=O)/C=C/c3ccccc3)C2c2ccc(Cl)cc2)c1. The lowest BCUT2D eigenvalue weighted by Gasteiger charge is -2.27. The van der Waals surface area contributed by atoms with Crippen LogP contribution in [0.25, 0.3) is 6.08 Å². The number of aryl methyl sites for hydroxylation is 1. The summed E-state index contributed by atoms with van der Waals surface area (Å²) in [6.07, 6.45) is 3.05. The maximum Gasteiger partial charge on any atom is 0.294 e. The largest absolute Gasteiger partial charge is 0.503 e. The van der Waals surface area contributed by atoms with Crippen molar-refractivity contribution in [1.29, 1.82) is 0 Å². The number of carbonyl (C=O) groups excluding carboxylic acids is 2. The smallest absolute Gasteiger partial charge is 0.294 e. The van der Waals surface area contributed by atoms with Crippen LogP contribution in [0.1, 0.15) is 22.7 Å². The fourth-order valence-corrected chi connectivity index (χ4v) is 3.81. The third kappa shape index (κ3) is 4.16. The van der Waals surface area contributed by atoms with Crippen molar-refractivity contribution in [2.75, 3.05) is 4.90 Å². The average Bonchev–Trinajstić information content (AvgIpc) is 3.04. The number of hydrogen-bond acceptors (Lipinski definition) is 3. The first kappa shape index (κ1) is 20.6. The molecule has 5 heteroatoms. The van der Waals surface area contributed by atoms with Crippen molar-refractivity contribution in [1.82, 2.24) is 0 Å². The molecular weight excluding hydrogens is 410 g/mol. The summed E-state index contributed by atoms with van der Waals surface area (Å²) in [6, 6.07) is 22.9. The van der Waals surface area contributed by atoms with Gasteiger partial charge >= 0.3 is 0 Å². The number of anilines is 1. The van der Waals surface area contributed by atoms with Gasteiger partial charge in [0.05, 0.1) is 11.6 Å². The van der Waals surface area contributed by atoms with Crippen molar-refractivity contribution in [2.45, 2.75) is 13.0 Å². The van der Waals surface area contributed by atoms with Gasteiger partial charge in [0.1, 0.15) is 0 Å². The van der Waals surface area contributed by atoms with E-state index in [1.807, 2.05) is 55.5 Å². The molecule has 1 atom stereocenters. The number of rotatable bonds is 5. The number of amides is 1. The van der Waals surface area contributed by atoms with Crippen LogP contribution in [0.15, 0.2) is 96.3 Å². The van der Waals surface area contributed by atoms with Crippen molar-refractivity contribution < 1.29 is 14.7 Å². The molecule has 4 rings (SSSR count). The molecule has 3 aromatic carbocycles. The Balaban J connectivity index is 1.79. The van der Waals surface area contributed by atoms with E-state index >= 15 is 0 Å². The topological polar surface area (TPSA) is 57.6 Å². The molecule has 0 aromatic heterocycles. The van der Waals surface area contributed by atoms with Crippen molar-refractivity contribution in [2.24, 2.45) is 0 Å². The van der Waals surface area contributed by atoms with Gasteiger partial charge in [0, 0.05) is 10.7 Å². The van der Waals surface area contributed by atoms with E-state index in [0.29, 0.717) is 16.3 Å². The van der Waals surface area contributed by atoms with E-state index in [-0.39, 0.29) is 5.57 Å². The number of hydrogen-bond donors (Lipinski definition) is 1. The second-order valence-corrected chi connectivity index (χ2v) is 7.78. The highest BCUT2D eigenvalue weighted by Crippen LogP contribution is 2.41. The van der Waals surface area contributed by atoms with Crippen LogP contribution in [-0.4, -0.2) is 16.8 Å². The second-order valence-electron chi connectivity index (χ2n) is 7.34. The average molecular weight is 430 g/mol. The number of ketones is 1. The Kier molecular flexibility index (Phi) is 5.74. The van der Waals surface area contributed by atoms with E-state index in [0.717, 1.165) is 11.1 Å². The summed E-state index contributed by atoms with van der Waals surface area (Å²) in [4.78, 5) is 27.7. The lowest BCUT2D eigenvalue weighted by atomic mass is 9.95. The summed E-state index contributed by atoms with van der Waals surface area (Å²) in [6.45, 7) is 1.92. The predicted molar refractivity (Wildman–Crippen MR) is 123 cm³/mol. The molecular formula is C26H20ClNO3. The van der Waals surface area contributed by atoms with Crippen molar-refractivity contribution in [3.05, 3.63) is 118 Å². The highest BCUT2D eigenvalue weighted by molar-refractivity contribution is 6.30. The third-order valence-electron chi connectivity index (χ3n) is 5.17. The summed E-state index contributed by atoms with van der Waals surface area (Å²) in [5.41, 5.74) is 3.13. The highest BCUT2D eigenvalue weighted by atomic mass is 35.5. The Morgan fingerprint density at radius 2 is 1.71 bits per heavy atom. The molecule has 0 fully saturated rings. The van der Waals surface area contributed by atoms with Gasteiger partial charge in [-0.2, -0.15) is 0 Å². The van der Waals surface area contributed by atoms with E-state index in [9.17, 15) is 14.7 Å². The van der Waals surface area contributed by atoms with Crippen LogP contribution in [0.4, 0.5) is 5.69 Å². The molecule has 1 N–H and O–H groups in total. The number of aliphatic hydroxyl groups is 1. The van der Waals surface area contributed by atoms with Gasteiger partial charge < -0.3 is 5.11 Å². The monoisotopic (exact) mass is 429 g/mol. The molecule has 154 valence electrons. The lowest BCUT2D eigenvalue weighted by molar-refractivity contribution is -0.117. The van der Waals surface area contributed by atoms with Crippen LogP contribution < -0.4 is 4.90 Å². The third-order valence-corrected chi connectivity index (χ3v) is 5.42. The molecule has 0 aliphatic carbocycles. The van der Waals surface area contributed by atoms with Crippen LogP contribution >= 0.6 is 11.6 Å². The molecule has 0 spiro atoms. The van der Waals surface area contributed by atoms with Crippen LogP contribution in [0.3, 0.4) is 0 Å². The Morgan fingerprint density at radius 3 is 2.39 bits per heavy atom. The summed E-state index contributed by atoms with van der Waals surface area (Å²) < 4.78 is 0. The van der Waals surface area contributed by atoms with Gasteiger partial charge in [-0.05, 0) is 54.0 Å². The zero-order valence-electron chi connectivity index (χ0n) is 16.8. The molecule has 1 aliphatic heterocycles. The van der Waals surface area contributed by atoms with Gasteiger partial charge in [0.25, 0.3) is 5.91 Å². The van der Waals surface area contributed by atoms with Crippen LogP contribution in [-0.2, 0) is 9.59 Å². The fraction of sp³-hybridized carbons (Fsp3) is 0.0769. The van der Waals surface area contributed by atoms with E-state index in [1.165, 1.54) is 11.0 Å². The van der Waals surface area contributed by atoms with E-state index in [4.69, 9.17) is 11.6 Å². The van der Waals surface area contributed by atoms with E-state index < -0.39 is 23.5 Å². The highest BCUT2D eigenvalue weighted by Gasteiger charge is 2.43. The van der Waals surface area contributed by atoms with E-state index in [2.05, 4.69) is 0 Å². The van der Waals surface area contributed by atoms with Crippen molar-refractivity contribution in [3.8, 4) is 0 Å². The van der Waals surface area contributed by atoms with Crippen LogP contribution in [0, 0.1) is 6.92 Å².